The second-order valence-corrected chi connectivity index (χ2v) is 9.71. The number of methoxy groups -OCH3 is 1. The van der Waals surface area contributed by atoms with Crippen LogP contribution in [0.3, 0.4) is 0 Å². The van der Waals surface area contributed by atoms with Crippen molar-refractivity contribution in [3.63, 3.8) is 0 Å². The molecule has 11 heteroatoms. The fourth-order valence-corrected chi connectivity index (χ4v) is 4.53. The van der Waals surface area contributed by atoms with Gasteiger partial charge in [-0.3, -0.25) is 14.5 Å². The summed E-state index contributed by atoms with van der Waals surface area (Å²) in [6.45, 7) is 0.131. The molecule has 0 unspecified atom stereocenters. The van der Waals surface area contributed by atoms with Crippen LogP contribution in [0.4, 0.5) is 5.69 Å². The van der Waals surface area contributed by atoms with Gasteiger partial charge in [-0.25, -0.2) is 13.6 Å². The van der Waals surface area contributed by atoms with E-state index in [1.54, 1.807) is 25.3 Å². The second-order valence-electron chi connectivity index (χ2n) is 6.47. The average Bonchev–Trinajstić information content (AvgIpc) is 2.99. The molecule has 2 aromatic carbocycles. The Kier molecular flexibility index (Phi) is 7.11. The van der Waals surface area contributed by atoms with Crippen molar-refractivity contribution in [3.05, 3.63) is 59.0 Å². The number of hydrogen-bond acceptors (Lipinski definition) is 7. The van der Waals surface area contributed by atoms with Gasteiger partial charge in [0.15, 0.2) is 0 Å². The molecule has 0 spiro atoms. The summed E-state index contributed by atoms with van der Waals surface area (Å²) in [5, 5.41) is 7.69. The molecule has 1 fully saturated rings. The van der Waals surface area contributed by atoms with Gasteiger partial charge in [-0.1, -0.05) is 36.1 Å². The number of nitrogens with two attached hydrogens (primary N) is 1. The van der Waals surface area contributed by atoms with Gasteiger partial charge in [0.25, 0.3) is 5.91 Å². The molecular weight excluding hydrogens is 458 g/mol. The Morgan fingerprint density at radius 3 is 2.42 bits per heavy atom. The molecule has 0 radical (unpaired) electrons. The lowest BCUT2D eigenvalue weighted by molar-refractivity contribution is -0.122. The first-order valence-electron chi connectivity index (χ1n) is 8.99. The molecule has 0 atom stereocenters. The van der Waals surface area contributed by atoms with Crippen LogP contribution < -0.4 is 15.2 Å². The number of ether oxygens (including phenoxy) is 1. The number of carbonyl (C=O) groups excluding carboxylic acids is 2. The largest absolute Gasteiger partial charge is 0.497 e. The van der Waals surface area contributed by atoms with Crippen LogP contribution in [0.1, 0.15) is 12.0 Å². The number of carbonyl (C=O) groups is 2. The third-order valence-electron chi connectivity index (χ3n) is 4.32. The molecule has 0 aliphatic carbocycles. The highest BCUT2D eigenvalue weighted by atomic mass is 32.2. The Hall–Kier alpha value is -2.73. The Balaban J connectivity index is 1.58. The minimum atomic E-state index is -3.80. The first-order valence-corrected chi connectivity index (χ1v) is 11.8. The van der Waals surface area contributed by atoms with E-state index in [4.69, 9.17) is 22.1 Å². The van der Waals surface area contributed by atoms with Crippen LogP contribution in [0.25, 0.3) is 6.08 Å². The number of benzene rings is 2. The highest BCUT2D eigenvalue weighted by Gasteiger charge is 2.32. The van der Waals surface area contributed by atoms with E-state index in [0.717, 1.165) is 11.3 Å². The van der Waals surface area contributed by atoms with Gasteiger partial charge < -0.3 is 10.1 Å². The summed E-state index contributed by atoms with van der Waals surface area (Å²) in [5.74, 6) is 0.127. The molecular formula is C20H19N3O5S3. The molecule has 1 heterocycles. The molecule has 2 amide bonds. The average molecular weight is 478 g/mol. The highest BCUT2D eigenvalue weighted by Crippen LogP contribution is 2.32. The van der Waals surface area contributed by atoms with Crippen molar-refractivity contribution in [1.29, 1.82) is 0 Å². The number of primary sulfonamides is 1. The first-order chi connectivity index (χ1) is 14.7. The number of nitrogens with one attached hydrogen (secondary N) is 1. The molecule has 1 aliphatic rings. The zero-order valence-corrected chi connectivity index (χ0v) is 18.9. The summed E-state index contributed by atoms with van der Waals surface area (Å²) >= 11 is 6.47. The third-order valence-corrected chi connectivity index (χ3v) is 6.62. The van der Waals surface area contributed by atoms with E-state index in [9.17, 15) is 18.0 Å². The molecule has 8 nitrogen and oxygen atoms in total. The van der Waals surface area contributed by atoms with Gasteiger partial charge in [-0.05, 0) is 48.0 Å². The molecule has 1 aliphatic heterocycles. The third kappa shape index (κ3) is 5.91. The number of amides is 2. The lowest BCUT2D eigenvalue weighted by Gasteiger charge is -2.14. The van der Waals surface area contributed by atoms with Crippen LogP contribution in [-0.2, 0) is 19.6 Å². The molecule has 0 aromatic heterocycles. The minimum Gasteiger partial charge on any atom is -0.497 e. The Morgan fingerprint density at radius 1 is 1.19 bits per heavy atom. The van der Waals surface area contributed by atoms with Crippen molar-refractivity contribution in [2.24, 2.45) is 5.14 Å². The van der Waals surface area contributed by atoms with E-state index in [0.29, 0.717) is 14.9 Å². The topological polar surface area (TPSA) is 119 Å². The summed E-state index contributed by atoms with van der Waals surface area (Å²) in [7, 11) is -2.22. The highest BCUT2D eigenvalue weighted by molar-refractivity contribution is 8.26. The zero-order valence-electron chi connectivity index (χ0n) is 16.4. The summed E-state index contributed by atoms with van der Waals surface area (Å²) in [6.07, 6.45) is 1.77. The predicted molar refractivity (Wildman–Crippen MR) is 124 cm³/mol. The predicted octanol–water partition coefficient (Wildman–Crippen LogP) is 2.57. The first kappa shape index (κ1) is 22.9. The van der Waals surface area contributed by atoms with Gasteiger partial charge in [0, 0.05) is 18.7 Å². The number of hydrogen-bond donors (Lipinski definition) is 2. The van der Waals surface area contributed by atoms with Crippen molar-refractivity contribution >= 4 is 61.9 Å². The van der Waals surface area contributed by atoms with Crippen LogP contribution in [0, 0.1) is 0 Å². The van der Waals surface area contributed by atoms with Gasteiger partial charge in [0.05, 0.1) is 16.9 Å². The van der Waals surface area contributed by atoms with Gasteiger partial charge in [0.1, 0.15) is 10.1 Å². The van der Waals surface area contributed by atoms with E-state index in [2.05, 4.69) is 5.32 Å². The molecule has 1 saturated heterocycles. The second kappa shape index (κ2) is 9.60. The standard InChI is InChI=1S/C20H19N3O5S3/c1-28-15-6-2-13(3-7-15)12-17-19(25)23(20(29)30-17)11-10-18(24)22-14-4-8-16(9-5-14)31(21,26)27/h2-9,12H,10-11H2,1H3,(H,22,24)(H2,21,26,27)/b17-12+. The van der Waals surface area contributed by atoms with Crippen molar-refractivity contribution in [2.75, 3.05) is 19.0 Å². The van der Waals surface area contributed by atoms with Crippen molar-refractivity contribution in [1.82, 2.24) is 4.90 Å². The Morgan fingerprint density at radius 2 is 1.84 bits per heavy atom. The molecule has 162 valence electrons. The number of nitrogens with zero attached hydrogens (tertiary/aromatic N) is 1. The zero-order chi connectivity index (χ0) is 22.6. The lowest BCUT2D eigenvalue weighted by Crippen LogP contribution is -2.31. The van der Waals surface area contributed by atoms with Crippen molar-refractivity contribution in [2.45, 2.75) is 11.3 Å². The normalized spacial score (nSPS) is 15.4. The van der Waals surface area contributed by atoms with Crippen LogP contribution >= 0.6 is 24.0 Å². The van der Waals surface area contributed by atoms with Crippen molar-refractivity contribution in [3.8, 4) is 5.75 Å². The van der Waals surface area contributed by atoms with Crippen LogP contribution in [0.5, 0.6) is 5.75 Å². The SMILES string of the molecule is COc1ccc(/C=C2/SC(=S)N(CCC(=O)Nc3ccc(S(N)(=O)=O)cc3)C2=O)cc1. The molecule has 3 rings (SSSR count). The summed E-state index contributed by atoms with van der Waals surface area (Å²) < 4.78 is 28.1. The fraction of sp³-hybridized carbons (Fsp3) is 0.150. The monoisotopic (exact) mass is 477 g/mol. The molecule has 31 heavy (non-hydrogen) atoms. The van der Waals surface area contributed by atoms with E-state index >= 15 is 0 Å². The summed E-state index contributed by atoms with van der Waals surface area (Å²) in [5.41, 5.74) is 1.25. The maximum Gasteiger partial charge on any atom is 0.266 e. The quantitative estimate of drug-likeness (QED) is 0.465. The number of thioether (sulfide) groups is 1. The van der Waals surface area contributed by atoms with E-state index in [1.807, 2.05) is 12.1 Å². The Labute approximate surface area is 189 Å². The van der Waals surface area contributed by atoms with E-state index < -0.39 is 10.0 Å². The molecule has 0 saturated carbocycles. The fourth-order valence-electron chi connectivity index (χ4n) is 2.71. The van der Waals surface area contributed by atoms with Crippen LogP contribution in [-0.4, -0.2) is 43.1 Å². The molecule has 2 aromatic rings. The lowest BCUT2D eigenvalue weighted by atomic mass is 10.2. The summed E-state index contributed by atoms with van der Waals surface area (Å²) in [6, 6.07) is 12.7. The van der Waals surface area contributed by atoms with Crippen molar-refractivity contribution < 1.29 is 22.7 Å². The number of anilines is 1. The van der Waals surface area contributed by atoms with Crippen LogP contribution in [0.15, 0.2) is 58.3 Å². The van der Waals surface area contributed by atoms with Gasteiger partial charge in [-0.2, -0.15) is 0 Å². The maximum absolute atomic E-state index is 12.7. The van der Waals surface area contributed by atoms with E-state index in [-0.39, 0.29) is 29.7 Å². The minimum absolute atomic E-state index is 0.0270. The Bertz CT molecular complexity index is 1140. The maximum atomic E-state index is 12.7. The molecule has 3 N–H and O–H groups in total. The number of sulfonamides is 1. The van der Waals surface area contributed by atoms with Crippen LogP contribution in [0.2, 0.25) is 0 Å². The molecule has 0 bridgehead atoms. The summed E-state index contributed by atoms with van der Waals surface area (Å²) in [4.78, 5) is 26.7. The van der Waals surface area contributed by atoms with Gasteiger partial charge in [-0.15, -0.1) is 0 Å². The van der Waals surface area contributed by atoms with E-state index in [1.165, 1.54) is 40.9 Å². The number of thiocarbonyl (C=S) groups is 1. The number of rotatable bonds is 7. The smallest absolute Gasteiger partial charge is 0.266 e. The van der Waals surface area contributed by atoms with Gasteiger partial charge in [0.2, 0.25) is 15.9 Å². The van der Waals surface area contributed by atoms with Gasteiger partial charge >= 0.3 is 0 Å².